The second-order valence-electron chi connectivity index (χ2n) is 4.56. The lowest BCUT2D eigenvalue weighted by atomic mass is 10.1. The largest absolute Gasteiger partial charge is 0.384 e. The summed E-state index contributed by atoms with van der Waals surface area (Å²) in [5.74, 6) is 4.95. The Balaban J connectivity index is 2.31. The summed E-state index contributed by atoms with van der Waals surface area (Å²) in [6.07, 6.45) is 1.54. The third kappa shape index (κ3) is 3.47. The lowest BCUT2D eigenvalue weighted by Crippen LogP contribution is -2.16. The molecule has 0 saturated carbocycles. The van der Waals surface area contributed by atoms with Gasteiger partial charge < -0.3 is 10.4 Å². The Labute approximate surface area is 123 Å². The number of aromatic nitrogens is 1. The number of rotatable bonds is 2. The van der Waals surface area contributed by atoms with Crippen molar-refractivity contribution in [1.29, 1.82) is 0 Å². The van der Waals surface area contributed by atoms with Crippen LogP contribution >= 0.6 is 0 Å². The summed E-state index contributed by atoms with van der Waals surface area (Å²) in [7, 11) is 0. The Morgan fingerprint density at radius 2 is 2.10 bits per heavy atom. The van der Waals surface area contributed by atoms with Gasteiger partial charge in [-0.1, -0.05) is 24.0 Å². The van der Waals surface area contributed by atoms with E-state index in [2.05, 4.69) is 22.1 Å². The number of hydrogen-bond donors (Lipinski definition) is 2. The van der Waals surface area contributed by atoms with Crippen molar-refractivity contribution in [3.8, 4) is 11.8 Å². The molecular formula is C17H16N2O2. The molecule has 0 fully saturated rings. The number of aryl methyl sites for hydroxylation is 1. The monoisotopic (exact) mass is 280 g/mol. The zero-order valence-corrected chi connectivity index (χ0v) is 12.0. The Kier molecular flexibility index (Phi) is 4.70. The van der Waals surface area contributed by atoms with Gasteiger partial charge in [0.15, 0.2) is 0 Å². The minimum atomic E-state index is -0.313. The van der Waals surface area contributed by atoms with Gasteiger partial charge in [-0.05, 0) is 43.2 Å². The van der Waals surface area contributed by atoms with Crippen LogP contribution in [0.3, 0.4) is 0 Å². The fourth-order valence-electron chi connectivity index (χ4n) is 1.89. The zero-order chi connectivity index (χ0) is 15.2. The van der Waals surface area contributed by atoms with Gasteiger partial charge in [0, 0.05) is 11.9 Å². The van der Waals surface area contributed by atoms with Crippen molar-refractivity contribution in [1.82, 2.24) is 4.98 Å². The first-order valence-corrected chi connectivity index (χ1v) is 6.56. The van der Waals surface area contributed by atoms with Crippen LogP contribution in [-0.4, -0.2) is 22.6 Å². The number of hydrogen-bond acceptors (Lipinski definition) is 3. The standard InChI is InChI=1S/C17H16N2O2/c1-12-6-3-9-15(13(12)2)19-17(21)16-14(8-5-11-20)7-4-10-18-16/h3-4,6-7,9-10,20H,11H2,1-2H3,(H,19,21). The molecule has 1 aromatic carbocycles. The predicted molar refractivity (Wildman–Crippen MR) is 82.1 cm³/mol. The summed E-state index contributed by atoms with van der Waals surface area (Å²) >= 11 is 0. The molecule has 0 aliphatic rings. The smallest absolute Gasteiger partial charge is 0.275 e. The van der Waals surface area contributed by atoms with Crippen LogP contribution in [0.15, 0.2) is 36.5 Å². The average molecular weight is 280 g/mol. The van der Waals surface area contributed by atoms with Crippen molar-refractivity contribution < 1.29 is 9.90 Å². The summed E-state index contributed by atoms with van der Waals surface area (Å²) in [4.78, 5) is 16.4. The summed E-state index contributed by atoms with van der Waals surface area (Å²) in [6.45, 7) is 3.69. The molecule has 0 aliphatic carbocycles. The van der Waals surface area contributed by atoms with Crippen LogP contribution in [0.5, 0.6) is 0 Å². The molecule has 0 aliphatic heterocycles. The van der Waals surface area contributed by atoms with Gasteiger partial charge >= 0.3 is 0 Å². The number of aliphatic hydroxyl groups is 1. The van der Waals surface area contributed by atoms with Crippen molar-refractivity contribution in [3.05, 3.63) is 58.9 Å². The normalized spacial score (nSPS) is 9.67. The first kappa shape index (κ1) is 14.8. The molecule has 1 aromatic heterocycles. The van der Waals surface area contributed by atoms with Gasteiger partial charge in [-0.25, -0.2) is 4.98 Å². The number of carbonyl (C=O) groups excluding carboxylic acids is 1. The van der Waals surface area contributed by atoms with E-state index in [0.29, 0.717) is 5.56 Å². The number of pyridine rings is 1. The van der Waals surface area contributed by atoms with Gasteiger partial charge in [-0.2, -0.15) is 0 Å². The molecule has 0 unspecified atom stereocenters. The Morgan fingerprint density at radius 1 is 1.29 bits per heavy atom. The summed E-state index contributed by atoms with van der Waals surface area (Å²) < 4.78 is 0. The number of nitrogens with zero attached hydrogens (tertiary/aromatic N) is 1. The van der Waals surface area contributed by atoms with Gasteiger partial charge in [0.1, 0.15) is 12.3 Å². The van der Waals surface area contributed by atoms with Crippen molar-refractivity contribution in [3.63, 3.8) is 0 Å². The number of anilines is 1. The number of nitrogens with one attached hydrogen (secondary N) is 1. The SMILES string of the molecule is Cc1cccc(NC(=O)c2ncccc2C#CCO)c1C. The third-order valence-electron chi connectivity index (χ3n) is 3.18. The number of amides is 1. The van der Waals surface area contributed by atoms with Crippen LogP contribution in [0, 0.1) is 25.7 Å². The molecule has 106 valence electrons. The minimum Gasteiger partial charge on any atom is -0.384 e. The fourth-order valence-corrected chi connectivity index (χ4v) is 1.89. The maximum Gasteiger partial charge on any atom is 0.275 e. The highest BCUT2D eigenvalue weighted by atomic mass is 16.2. The predicted octanol–water partition coefficient (Wildman–Crippen LogP) is 2.29. The highest BCUT2D eigenvalue weighted by molar-refractivity contribution is 6.04. The van der Waals surface area contributed by atoms with Crippen LogP contribution in [0.4, 0.5) is 5.69 Å². The molecule has 2 aromatic rings. The molecule has 4 heteroatoms. The van der Waals surface area contributed by atoms with Crippen molar-refractivity contribution in [2.24, 2.45) is 0 Å². The van der Waals surface area contributed by atoms with Crippen LogP contribution in [-0.2, 0) is 0 Å². The van der Waals surface area contributed by atoms with Crippen molar-refractivity contribution in [2.45, 2.75) is 13.8 Å². The maximum atomic E-state index is 12.4. The Bertz CT molecular complexity index is 727. The zero-order valence-electron chi connectivity index (χ0n) is 12.0. The summed E-state index contributed by atoms with van der Waals surface area (Å²) in [5, 5.41) is 11.6. The highest BCUT2D eigenvalue weighted by Crippen LogP contribution is 2.19. The van der Waals surface area contributed by atoms with E-state index in [9.17, 15) is 4.79 Å². The second kappa shape index (κ2) is 6.69. The number of carbonyl (C=O) groups is 1. The fraction of sp³-hybridized carbons (Fsp3) is 0.176. The van der Waals surface area contributed by atoms with Gasteiger partial charge in [0.25, 0.3) is 5.91 Å². The summed E-state index contributed by atoms with van der Waals surface area (Å²) in [6, 6.07) is 9.14. The average Bonchev–Trinajstić information content (AvgIpc) is 2.50. The lowest BCUT2D eigenvalue weighted by Gasteiger charge is -2.10. The lowest BCUT2D eigenvalue weighted by molar-refractivity contribution is 0.102. The van der Waals surface area contributed by atoms with Crippen molar-refractivity contribution in [2.75, 3.05) is 11.9 Å². The minimum absolute atomic E-state index is 0.249. The maximum absolute atomic E-state index is 12.4. The highest BCUT2D eigenvalue weighted by Gasteiger charge is 2.13. The molecule has 0 radical (unpaired) electrons. The molecule has 1 amide bonds. The van der Waals surface area contributed by atoms with Gasteiger partial charge in [-0.15, -0.1) is 0 Å². The van der Waals surface area contributed by atoms with E-state index in [4.69, 9.17) is 5.11 Å². The van der Waals surface area contributed by atoms with E-state index in [1.807, 2.05) is 32.0 Å². The Hall–Kier alpha value is -2.64. The molecule has 2 rings (SSSR count). The molecule has 2 N–H and O–H groups in total. The van der Waals surface area contributed by atoms with E-state index in [1.165, 1.54) is 0 Å². The van der Waals surface area contributed by atoms with E-state index in [0.717, 1.165) is 16.8 Å². The topological polar surface area (TPSA) is 62.2 Å². The molecule has 1 heterocycles. The van der Waals surface area contributed by atoms with Crippen LogP contribution in [0.1, 0.15) is 27.2 Å². The molecule has 0 spiro atoms. The van der Waals surface area contributed by atoms with E-state index < -0.39 is 0 Å². The first-order chi connectivity index (χ1) is 10.1. The molecule has 0 saturated heterocycles. The van der Waals surface area contributed by atoms with Crippen LogP contribution < -0.4 is 5.32 Å². The Morgan fingerprint density at radius 3 is 2.86 bits per heavy atom. The van der Waals surface area contributed by atoms with Gasteiger partial charge in [-0.3, -0.25) is 4.79 Å². The molecular weight excluding hydrogens is 264 g/mol. The third-order valence-corrected chi connectivity index (χ3v) is 3.18. The van der Waals surface area contributed by atoms with E-state index in [-0.39, 0.29) is 18.2 Å². The molecule has 21 heavy (non-hydrogen) atoms. The van der Waals surface area contributed by atoms with Gasteiger partial charge in [0.2, 0.25) is 0 Å². The summed E-state index contributed by atoms with van der Waals surface area (Å²) in [5.41, 5.74) is 3.62. The van der Waals surface area contributed by atoms with E-state index >= 15 is 0 Å². The first-order valence-electron chi connectivity index (χ1n) is 6.56. The van der Waals surface area contributed by atoms with Crippen LogP contribution in [0.25, 0.3) is 0 Å². The molecule has 4 nitrogen and oxygen atoms in total. The number of aliphatic hydroxyl groups excluding tert-OH is 1. The van der Waals surface area contributed by atoms with Crippen molar-refractivity contribution >= 4 is 11.6 Å². The number of benzene rings is 1. The molecule has 0 atom stereocenters. The van der Waals surface area contributed by atoms with Gasteiger partial charge in [0.05, 0.1) is 5.56 Å². The molecule has 0 bridgehead atoms. The second-order valence-corrected chi connectivity index (χ2v) is 4.56. The van der Waals surface area contributed by atoms with Crippen LogP contribution in [0.2, 0.25) is 0 Å². The van der Waals surface area contributed by atoms with E-state index in [1.54, 1.807) is 18.3 Å². The quantitative estimate of drug-likeness (QED) is 0.830.